The lowest BCUT2D eigenvalue weighted by atomic mass is 9.51. The summed E-state index contributed by atoms with van der Waals surface area (Å²) in [6.07, 6.45) is 4.04. The molecule has 2 aliphatic heterocycles. The van der Waals surface area contributed by atoms with E-state index in [0.29, 0.717) is 18.4 Å². The highest BCUT2D eigenvalue weighted by molar-refractivity contribution is 5.89. The second kappa shape index (κ2) is 8.39. The van der Waals surface area contributed by atoms with Gasteiger partial charge in [-0.05, 0) is 68.8 Å². The SMILES string of the molecule is CCCN1CC[C@]23c4c5ccc(OC(C)C(OC)c6ccccc6)c4OC2C(=O)CC[C@H]3[C@H]1C5. The summed E-state index contributed by atoms with van der Waals surface area (Å²) in [6, 6.07) is 15.0. The monoisotopic (exact) mass is 461 g/mol. The molecule has 2 fully saturated rings. The number of nitrogens with zero attached hydrogens (tertiary/aromatic N) is 1. The summed E-state index contributed by atoms with van der Waals surface area (Å²) in [5, 5.41) is 0. The molecule has 4 aliphatic rings. The van der Waals surface area contributed by atoms with E-state index in [1.165, 1.54) is 17.5 Å². The van der Waals surface area contributed by atoms with Gasteiger partial charge in [0.2, 0.25) is 0 Å². The number of piperidine rings is 1. The van der Waals surface area contributed by atoms with Crippen molar-refractivity contribution in [3.8, 4) is 11.5 Å². The zero-order valence-electron chi connectivity index (χ0n) is 20.5. The Morgan fingerprint density at radius 2 is 2.03 bits per heavy atom. The van der Waals surface area contributed by atoms with Gasteiger partial charge in [-0.1, -0.05) is 43.3 Å². The Morgan fingerprint density at radius 1 is 1.21 bits per heavy atom. The van der Waals surface area contributed by atoms with Gasteiger partial charge in [-0.25, -0.2) is 0 Å². The van der Waals surface area contributed by atoms with Crippen molar-refractivity contribution < 1.29 is 19.0 Å². The highest BCUT2D eigenvalue weighted by Gasteiger charge is 2.65. The quantitative estimate of drug-likeness (QED) is 0.589. The van der Waals surface area contributed by atoms with Crippen LogP contribution in [0.5, 0.6) is 11.5 Å². The molecule has 1 saturated heterocycles. The summed E-state index contributed by atoms with van der Waals surface area (Å²) in [7, 11) is 1.72. The second-order valence-corrected chi connectivity index (χ2v) is 10.5. The molecule has 5 nitrogen and oxygen atoms in total. The third-order valence-electron chi connectivity index (χ3n) is 8.84. The number of hydrogen-bond acceptors (Lipinski definition) is 5. The third kappa shape index (κ3) is 3.09. The fourth-order valence-electron chi connectivity index (χ4n) is 7.56. The molecule has 180 valence electrons. The van der Waals surface area contributed by atoms with Crippen molar-refractivity contribution in [2.45, 2.75) is 75.7 Å². The summed E-state index contributed by atoms with van der Waals surface area (Å²) in [5.74, 6) is 2.31. The van der Waals surface area contributed by atoms with E-state index in [2.05, 4.69) is 36.1 Å². The summed E-state index contributed by atoms with van der Waals surface area (Å²) in [5.41, 5.74) is 3.53. The lowest BCUT2D eigenvalue weighted by molar-refractivity contribution is -0.138. The van der Waals surface area contributed by atoms with Gasteiger partial charge >= 0.3 is 0 Å². The first-order valence-corrected chi connectivity index (χ1v) is 12.9. The lowest BCUT2D eigenvalue weighted by Gasteiger charge is -2.57. The van der Waals surface area contributed by atoms with Crippen LogP contribution in [0.1, 0.15) is 62.3 Å². The van der Waals surface area contributed by atoms with Gasteiger partial charge in [0.05, 0.1) is 0 Å². The maximum atomic E-state index is 13.2. The van der Waals surface area contributed by atoms with E-state index in [4.69, 9.17) is 14.2 Å². The van der Waals surface area contributed by atoms with Crippen LogP contribution in [0.15, 0.2) is 42.5 Å². The lowest BCUT2D eigenvalue weighted by Crippen LogP contribution is -2.66. The van der Waals surface area contributed by atoms with Crippen LogP contribution in [0.3, 0.4) is 0 Å². The van der Waals surface area contributed by atoms with Crippen molar-refractivity contribution in [3.63, 3.8) is 0 Å². The zero-order valence-corrected chi connectivity index (χ0v) is 20.5. The molecule has 0 amide bonds. The number of carbonyl (C=O) groups excluding carboxylic acids is 1. The van der Waals surface area contributed by atoms with Gasteiger partial charge in [0, 0.05) is 30.6 Å². The molecule has 0 N–H and O–H groups in total. The number of likely N-dealkylation sites (tertiary alicyclic amines) is 1. The normalized spacial score (nSPS) is 30.9. The van der Waals surface area contributed by atoms with Gasteiger partial charge in [-0.15, -0.1) is 0 Å². The highest BCUT2D eigenvalue weighted by atomic mass is 16.6. The molecule has 2 heterocycles. The summed E-state index contributed by atoms with van der Waals surface area (Å²) >= 11 is 0. The van der Waals surface area contributed by atoms with Crippen molar-refractivity contribution in [2.24, 2.45) is 5.92 Å². The molecule has 2 aromatic carbocycles. The van der Waals surface area contributed by atoms with Gasteiger partial charge in [-0.2, -0.15) is 0 Å². The fourth-order valence-corrected chi connectivity index (χ4v) is 7.56. The van der Waals surface area contributed by atoms with Gasteiger partial charge < -0.3 is 14.2 Å². The number of benzene rings is 2. The van der Waals surface area contributed by atoms with Gasteiger partial charge in [0.15, 0.2) is 23.4 Å². The number of ether oxygens (including phenoxy) is 3. The van der Waals surface area contributed by atoms with E-state index in [1.807, 2.05) is 25.1 Å². The molecule has 34 heavy (non-hydrogen) atoms. The fraction of sp³-hybridized carbons (Fsp3) is 0.552. The zero-order chi connectivity index (χ0) is 23.4. The Morgan fingerprint density at radius 3 is 2.79 bits per heavy atom. The van der Waals surface area contributed by atoms with Crippen molar-refractivity contribution in [1.29, 1.82) is 0 Å². The topological polar surface area (TPSA) is 48.0 Å². The van der Waals surface area contributed by atoms with Crippen LogP contribution in [0.4, 0.5) is 0 Å². The van der Waals surface area contributed by atoms with Crippen LogP contribution in [-0.4, -0.2) is 49.1 Å². The van der Waals surface area contributed by atoms with E-state index < -0.39 is 0 Å². The summed E-state index contributed by atoms with van der Waals surface area (Å²) in [6.45, 7) is 6.48. The predicted octanol–water partition coefficient (Wildman–Crippen LogP) is 4.86. The van der Waals surface area contributed by atoms with Crippen molar-refractivity contribution >= 4 is 5.78 Å². The van der Waals surface area contributed by atoms with Gasteiger partial charge in [0.1, 0.15) is 12.2 Å². The Balaban J connectivity index is 1.39. The maximum Gasteiger partial charge on any atom is 0.174 e. The average Bonchev–Trinajstić information content (AvgIpc) is 3.20. The number of Topliss-reactive ketones (excluding diaryl/α,β-unsaturated/α-hetero) is 1. The van der Waals surface area contributed by atoms with Gasteiger partial charge in [-0.3, -0.25) is 9.69 Å². The molecular weight excluding hydrogens is 426 g/mol. The first-order valence-electron chi connectivity index (χ1n) is 12.9. The van der Waals surface area contributed by atoms with Crippen molar-refractivity contribution in [3.05, 3.63) is 59.2 Å². The second-order valence-electron chi connectivity index (χ2n) is 10.5. The molecule has 0 aromatic heterocycles. The number of hydrogen-bond donors (Lipinski definition) is 0. The minimum Gasteiger partial charge on any atom is -0.484 e. The Bertz CT molecular complexity index is 1090. The predicted molar refractivity (Wildman–Crippen MR) is 131 cm³/mol. The molecule has 2 bridgehead atoms. The molecular formula is C29H35NO4. The van der Waals surface area contributed by atoms with Crippen LogP contribution in [0.25, 0.3) is 0 Å². The van der Waals surface area contributed by atoms with E-state index >= 15 is 0 Å². The van der Waals surface area contributed by atoms with Crippen molar-refractivity contribution in [2.75, 3.05) is 20.2 Å². The Hall–Kier alpha value is -2.37. The molecule has 1 saturated carbocycles. The van der Waals surface area contributed by atoms with E-state index in [1.54, 1.807) is 7.11 Å². The molecule has 2 aromatic rings. The van der Waals surface area contributed by atoms with Crippen LogP contribution < -0.4 is 9.47 Å². The smallest absolute Gasteiger partial charge is 0.174 e. The standard InChI is InChI=1S/C29H35NO4/c1-4-15-30-16-14-29-21-11-12-23(31)28(29)34-27-24(13-10-20(25(27)29)17-22(21)30)33-18(2)26(32-3)19-8-6-5-7-9-19/h5-10,13,18,21-22,26,28H,4,11-12,14-17H2,1-3H3/t18?,21-,22+,26?,28?,29-/m0/s1. The van der Waals surface area contributed by atoms with Crippen LogP contribution in [-0.2, 0) is 21.4 Å². The minimum absolute atomic E-state index is 0.185. The van der Waals surface area contributed by atoms with E-state index in [0.717, 1.165) is 49.4 Å². The molecule has 6 atom stereocenters. The maximum absolute atomic E-state index is 13.2. The molecule has 1 spiro atoms. The molecule has 3 unspecified atom stereocenters. The van der Waals surface area contributed by atoms with Crippen LogP contribution in [0.2, 0.25) is 0 Å². The summed E-state index contributed by atoms with van der Waals surface area (Å²) < 4.78 is 19.0. The number of rotatable bonds is 7. The van der Waals surface area contributed by atoms with E-state index in [9.17, 15) is 4.79 Å². The third-order valence-corrected chi connectivity index (χ3v) is 8.84. The average molecular weight is 462 g/mol. The number of ketones is 1. The highest BCUT2D eigenvalue weighted by Crippen LogP contribution is 2.63. The Kier molecular flexibility index (Phi) is 5.45. The van der Waals surface area contributed by atoms with E-state index in [-0.39, 0.29) is 29.5 Å². The van der Waals surface area contributed by atoms with Crippen molar-refractivity contribution in [1.82, 2.24) is 4.90 Å². The van der Waals surface area contributed by atoms with Crippen LogP contribution in [0, 0.1) is 5.92 Å². The molecule has 5 heteroatoms. The minimum atomic E-state index is -0.362. The first kappa shape index (κ1) is 22.1. The first-order chi connectivity index (χ1) is 16.6. The van der Waals surface area contributed by atoms with Crippen LogP contribution >= 0.6 is 0 Å². The largest absolute Gasteiger partial charge is 0.484 e. The van der Waals surface area contributed by atoms with Gasteiger partial charge in [0.25, 0.3) is 0 Å². The summed E-state index contributed by atoms with van der Waals surface area (Å²) in [4.78, 5) is 15.9. The molecule has 6 rings (SSSR count). The Labute approximate surface area is 202 Å². The number of methoxy groups -OCH3 is 1. The molecule has 2 aliphatic carbocycles. The molecule has 0 radical (unpaired) electrons. The number of carbonyl (C=O) groups is 1.